The van der Waals surface area contributed by atoms with Crippen molar-refractivity contribution in [2.45, 2.75) is 90.6 Å². The normalized spacial score (nSPS) is 16.7. The van der Waals surface area contributed by atoms with Crippen molar-refractivity contribution in [1.29, 1.82) is 0 Å². The van der Waals surface area contributed by atoms with Gasteiger partial charge >= 0.3 is 0 Å². The summed E-state index contributed by atoms with van der Waals surface area (Å²) in [6.45, 7) is 17.1. The van der Waals surface area contributed by atoms with Crippen LogP contribution in [0.2, 0.25) is 18.1 Å². The van der Waals surface area contributed by atoms with E-state index in [2.05, 4.69) is 69.3 Å². The third kappa shape index (κ3) is 8.80. The van der Waals surface area contributed by atoms with Gasteiger partial charge < -0.3 is 23.4 Å². The molecule has 4 aromatic rings. The van der Waals surface area contributed by atoms with E-state index in [0.29, 0.717) is 45.3 Å². The molecule has 2 aromatic heterocycles. The summed E-state index contributed by atoms with van der Waals surface area (Å²) >= 11 is 0. The van der Waals surface area contributed by atoms with Crippen LogP contribution in [0.25, 0.3) is 22.3 Å². The molecule has 5 rings (SSSR count). The van der Waals surface area contributed by atoms with E-state index < -0.39 is 8.32 Å². The van der Waals surface area contributed by atoms with Gasteiger partial charge in [-0.15, -0.1) is 0 Å². The monoisotopic (exact) mass is 635 g/mol. The molecule has 1 saturated heterocycles. The van der Waals surface area contributed by atoms with Crippen LogP contribution in [-0.2, 0) is 32.1 Å². The van der Waals surface area contributed by atoms with Gasteiger partial charge in [-0.1, -0.05) is 51.1 Å². The van der Waals surface area contributed by atoms with E-state index >= 15 is 0 Å². The Bertz CT molecular complexity index is 1490. The highest BCUT2D eigenvalue weighted by Crippen LogP contribution is 2.39. The average Bonchev–Trinajstić information content (AvgIpc) is 3.64. The van der Waals surface area contributed by atoms with Crippen molar-refractivity contribution in [2.75, 3.05) is 33.0 Å². The van der Waals surface area contributed by atoms with Gasteiger partial charge in [0.05, 0.1) is 57.4 Å². The first-order valence-electron chi connectivity index (χ1n) is 16.1. The lowest BCUT2D eigenvalue weighted by Gasteiger charge is -2.36. The summed E-state index contributed by atoms with van der Waals surface area (Å²) in [5.41, 5.74) is 3.66. The molecule has 0 spiro atoms. The lowest BCUT2D eigenvalue weighted by Crippen LogP contribution is -2.43. The van der Waals surface area contributed by atoms with E-state index in [0.717, 1.165) is 53.8 Å². The molecule has 11 heteroatoms. The van der Waals surface area contributed by atoms with E-state index in [1.165, 1.54) is 0 Å². The predicted octanol–water partition coefficient (Wildman–Crippen LogP) is 7.02. The molecule has 2 atom stereocenters. The minimum atomic E-state index is -2.01. The molecule has 1 unspecified atom stereocenters. The number of aromatic nitrogens is 5. The van der Waals surface area contributed by atoms with Gasteiger partial charge in [0.25, 0.3) is 0 Å². The van der Waals surface area contributed by atoms with Crippen LogP contribution in [-0.4, -0.2) is 72.2 Å². The van der Waals surface area contributed by atoms with E-state index in [9.17, 15) is 0 Å². The Labute approximate surface area is 268 Å². The second kappa shape index (κ2) is 15.0. The second-order valence-corrected chi connectivity index (χ2v) is 18.0. The van der Waals surface area contributed by atoms with Crippen molar-refractivity contribution in [3.8, 4) is 17.1 Å². The molecular formula is C34H49N5O5Si. The van der Waals surface area contributed by atoms with Crippen molar-refractivity contribution >= 4 is 19.2 Å². The van der Waals surface area contributed by atoms with Crippen molar-refractivity contribution in [2.24, 2.45) is 0 Å². The van der Waals surface area contributed by atoms with Gasteiger partial charge in [-0.2, -0.15) is 20.1 Å². The smallest absolute Gasteiger partial charge is 0.250 e. The fourth-order valence-corrected chi connectivity index (χ4v) is 5.97. The summed E-state index contributed by atoms with van der Waals surface area (Å²) in [6.07, 6.45) is 4.83. The number of benzene rings is 2. The molecule has 2 aromatic carbocycles. The quantitative estimate of drug-likeness (QED) is 0.102. The first-order valence-corrected chi connectivity index (χ1v) is 19.1. The molecule has 1 aliphatic heterocycles. The molecule has 0 bridgehead atoms. The zero-order valence-corrected chi connectivity index (χ0v) is 28.7. The highest BCUT2D eigenvalue weighted by atomic mass is 28.4. The lowest BCUT2D eigenvalue weighted by atomic mass is 10.1. The fourth-order valence-electron chi connectivity index (χ4n) is 4.95. The largest absolute Gasteiger partial charge is 0.543 e. The van der Waals surface area contributed by atoms with Crippen LogP contribution in [0.4, 0.5) is 0 Å². The lowest BCUT2D eigenvalue weighted by molar-refractivity contribution is -0.0365. The molecule has 0 radical (unpaired) electrons. The zero-order valence-electron chi connectivity index (χ0n) is 27.7. The van der Waals surface area contributed by atoms with Gasteiger partial charge in [-0.05, 0) is 68.1 Å². The summed E-state index contributed by atoms with van der Waals surface area (Å²) in [7, 11) is -2.01. The Hall–Kier alpha value is -3.09. The van der Waals surface area contributed by atoms with Crippen LogP contribution >= 0.6 is 0 Å². The third-order valence-electron chi connectivity index (χ3n) is 8.60. The van der Waals surface area contributed by atoms with Crippen LogP contribution in [0, 0.1) is 0 Å². The average molecular weight is 636 g/mol. The van der Waals surface area contributed by atoms with Gasteiger partial charge in [-0.25, -0.2) is 4.68 Å². The molecule has 0 N–H and O–H groups in total. The topological polar surface area (TPSA) is 94.7 Å². The van der Waals surface area contributed by atoms with E-state index in [4.69, 9.17) is 33.6 Å². The highest BCUT2D eigenvalue weighted by Gasteiger charge is 2.39. The third-order valence-corrected chi connectivity index (χ3v) is 13.0. The maximum Gasteiger partial charge on any atom is 0.250 e. The van der Waals surface area contributed by atoms with Gasteiger partial charge in [0.15, 0.2) is 6.23 Å². The van der Waals surface area contributed by atoms with Gasteiger partial charge in [-0.3, -0.25) is 0 Å². The Kier molecular flexibility index (Phi) is 11.1. The van der Waals surface area contributed by atoms with Gasteiger partial charge in [0.1, 0.15) is 17.1 Å². The Morgan fingerprint density at radius 2 is 1.80 bits per heavy atom. The Balaban J connectivity index is 1.17. The van der Waals surface area contributed by atoms with Crippen molar-refractivity contribution < 1.29 is 23.4 Å². The van der Waals surface area contributed by atoms with Crippen LogP contribution in [0.1, 0.15) is 58.7 Å². The second-order valence-electron chi connectivity index (χ2n) is 13.3. The number of hydrogen-bond donors (Lipinski definition) is 0. The molecule has 0 amide bonds. The maximum atomic E-state index is 6.66. The van der Waals surface area contributed by atoms with Crippen LogP contribution < -0.4 is 4.43 Å². The maximum absolute atomic E-state index is 6.66. The number of rotatable bonds is 15. The predicted molar refractivity (Wildman–Crippen MR) is 178 cm³/mol. The molecule has 0 aliphatic carbocycles. The van der Waals surface area contributed by atoms with Gasteiger partial charge in [0.2, 0.25) is 8.32 Å². The summed E-state index contributed by atoms with van der Waals surface area (Å²) in [5, 5.41) is 15.4. The number of hydrogen-bond acceptors (Lipinski definition) is 8. The molecule has 10 nitrogen and oxygen atoms in total. The number of nitrogens with zero attached hydrogens (tertiary/aromatic N) is 5. The fraction of sp³-hybridized carbons (Fsp3) is 0.559. The SMILES string of the molecule is C[C@@H](COCCOCCn1ncc(-c2nn(C3CCCCO3)c3ccc(O[Si](C)(C)C(C)(C)C)cc23)n1)OCc1ccccc1. The summed E-state index contributed by atoms with van der Waals surface area (Å²) < 4.78 is 32.2. The first kappa shape index (κ1) is 33.3. The molecule has 3 heterocycles. The summed E-state index contributed by atoms with van der Waals surface area (Å²) in [4.78, 5) is 1.66. The van der Waals surface area contributed by atoms with E-state index in [1.807, 2.05) is 29.8 Å². The van der Waals surface area contributed by atoms with Crippen molar-refractivity contribution in [3.05, 3.63) is 60.3 Å². The van der Waals surface area contributed by atoms with Crippen molar-refractivity contribution in [1.82, 2.24) is 24.8 Å². The Morgan fingerprint density at radius 1 is 1.00 bits per heavy atom. The van der Waals surface area contributed by atoms with Crippen LogP contribution in [0.15, 0.2) is 54.7 Å². The van der Waals surface area contributed by atoms with Crippen LogP contribution in [0.5, 0.6) is 5.75 Å². The highest BCUT2D eigenvalue weighted by molar-refractivity contribution is 6.74. The van der Waals surface area contributed by atoms with Crippen LogP contribution in [0.3, 0.4) is 0 Å². The molecule has 0 saturated carbocycles. The molecular weight excluding hydrogens is 586 g/mol. The van der Waals surface area contributed by atoms with Crippen molar-refractivity contribution in [3.63, 3.8) is 0 Å². The summed E-state index contributed by atoms with van der Waals surface area (Å²) in [6, 6.07) is 16.4. The summed E-state index contributed by atoms with van der Waals surface area (Å²) in [5.74, 6) is 0.861. The molecule has 244 valence electrons. The molecule has 45 heavy (non-hydrogen) atoms. The standard InChI is InChI=1S/C34H49N5O5Si/c1-26(43-25-27-12-8-7-9-13-27)24-41-21-20-40-19-17-38-35-23-30(36-38)33-29-22-28(44-45(5,6)34(2,3)4)15-16-31(29)39(37-33)32-14-10-11-18-42-32/h7-9,12-13,15-16,22-23,26,32H,10-11,14,17-21,24-25H2,1-6H3/t26-,32?/m0/s1. The minimum Gasteiger partial charge on any atom is -0.543 e. The number of ether oxygens (including phenoxy) is 4. The van der Waals surface area contributed by atoms with E-state index in [-0.39, 0.29) is 17.4 Å². The zero-order chi connectivity index (χ0) is 31.9. The Morgan fingerprint density at radius 3 is 2.56 bits per heavy atom. The molecule has 1 fully saturated rings. The number of fused-ring (bicyclic) bond motifs is 1. The minimum absolute atomic E-state index is 0.0100. The van der Waals surface area contributed by atoms with Gasteiger partial charge in [0, 0.05) is 12.0 Å². The first-order chi connectivity index (χ1) is 21.6. The molecule has 1 aliphatic rings. The van der Waals surface area contributed by atoms with E-state index in [1.54, 1.807) is 11.0 Å².